The molecule has 1 atom stereocenters. The van der Waals surface area contributed by atoms with Gasteiger partial charge in [-0.25, -0.2) is 4.98 Å². The van der Waals surface area contributed by atoms with Gasteiger partial charge in [-0.2, -0.15) is 0 Å². The molecule has 0 radical (unpaired) electrons. The van der Waals surface area contributed by atoms with E-state index in [0.29, 0.717) is 6.54 Å². The van der Waals surface area contributed by atoms with Gasteiger partial charge in [-0.05, 0) is 27.3 Å². The largest absolute Gasteiger partial charge is 0.336 e. The zero-order chi connectivity index (χ0) is 12.3. The first-order chi connectivity index (χ1) is 7.44. The van der Waals surface area contributed by atoms with Gasteiger partial charge >= 0.3 is 0 Å². The van der Waals surface area contributed by atoms with Gasteiger partial charge in [-0.3, -0.25) is 4.90 Å². The van der Waals surface area contributed by atoms with Crippen molar-refractivity contribution in [1.82, 2.24) is 14.5 Å². The standard InChI is InChI=1S/C12H24N4/c1-6-12(2,3)16(5)10(7-13)11-8-14-9-15(11)4/h8-10H,6-7,13H2,1-5H3. The zero-order valence-corrected chi connectivity index (χ0v) is 11.1. The normalized spacial score (nSPS) is 14.4. The minimum atomic E-state index is 0.147. The van der Waals surface area contributed by atoms with Crippen LogP contribution in [0, 0.1) is 0 Å². The van der Waals surface area contributed by atoms with Gasteiger partial charge in [-0.1, -0.05) is 6.92 Å². The van der Waals surface area contributed by atoms with E-state index in [0.717, 1.165) is 6.42 Å². The zero-order valence-electron chi connectivity index (χ0n) is 11.1. The maximum absolute atomic E-state index is 5.90. The van der Waals surface area contributed by atoms with E-state index in [1.807, 2.05) is 24.1 Å². The first-order valence-corrected chi connectivity index (χ1v) is 5.83. The molecule has 1 unspecified atom stereocenters. The Morgan fingerprint density at radius 2 is 2.19 bits per heavy atom. The van der Waals surface area contributed by atoms with Crippen molar-refractivity contribution in [2.75, 3.05) is 13.6 Å². The van der Waals surface area contributed by atoms with Crippen molar-refractivity contribution >= 4 is 0 Å². The van der Waals surface area contributed by atoms with Crippen LogP contribution >= 0.6 is 0 Å². The van der Waals surface area contributed by atoms with Crippen molar-refractivity contribution in [1.29, 1.82) is 0 Å². The SMILES string of the molecule is CCC(C)(C)N(C)C(CN)c1cncn1C. The van der Waals surface area contributed by atoms with Gasteiger partial charge < -0.3 is 10.3 Å². The average molecular weight is 224 g/mol. The molecule has 1 aromatic heterocycles. The van der Waals surface area contributed by atoms with Crippen molar-refractivity contribution in [3.63, 3.8) is 0 Å². The Labute approximate surface area is 98.5 Å². The molecule has 92 valence electrons. The van der Waals surface area contributed by atoms with Crippen molar-refractivity contribution < 1.29 is 0 Å². The van der Waals surface area contributed by atoms with E-state index in [9.17, 15) is 0 Å². The minimum Gasteiger partial charge on any atom is -0.336 e. The van der Waals surface area contributed by atoms with Gasteiger partial charge in [0.05, 0.1) is 18.1 Å². The molecule has 16 heavy (non-hydrogen) atoms. The number of imidazole rings is 1. The molecule has 0 spiro atoms. The summed E-state index contributed by atoms with van der Waals surface area (Å²) in [6, 6.07) is 0.224. The van der Waals surface area contributed by atoms with E-state index >= 15 is 0 Å². The third-order valence-corrected chi connectivity index (χ3v) is 3.71. The van der Waals surface area contributed by atoms with Gasteiger partial charge in [0.1, 0.15) is 0 Å². The molecule has 0 aromatic carbocycles. The van der Waals surface area contributed by atoms with Crippen molar-refractivity contribution in [2.45, 2.75) is 38.8 Å². The molecule has 0 fully saturated rings. The fraction of sp³-hybridized carbons (Fsp3) is 0.750. The maximum atomic E-state index is 5.90. The summed E-state index contributed by atoms with van der Waals surface area (Å²) in [4.78, 5) is 6.50. The van der Waals surface area contributed by atoms with Crippen LogP contribution in [0.5, 0.6) is 0 Å². The molecular formula is C12H24N4. The minimum absolute atomic E-state index is 0.147. The van der Waals surface area contributed by atoms with E-state index in [2.05, 4.69) is 37.7 Å². The quantitative estimate of drug-likeness (QED) is 0.825. The Morgan fingerprint density at radius 1 is 1.56 bits per heavy atom. The van der Waals surface area contributed by atoms with Crippen LogP contribution in [0.15, 0.2) is 12.5 Å². The Balaban J connectivity index is 2.96. The average Bonchev–Trinajstić information content (AvgIpc) is 2.66. The number of likely N-dealkylation sites (N-methyl/N-ethyl adjacent to an activating group) is 1. The highest BCUT2D eigenvalue weighted by atomic mass is 15.2. The van der Waals surface area contributed by atoms with Crippen molar-refractivity contribution in [2.24, 2.45) is 12.8 Å². The van der Waals surface area contributed by atoms with E-state index < -0.39 is 0 Å². The summed E-state index contributed by atoms with van der Waals surface area (Å²) in [5, 5.41) is 0. The van der Waals surface area contributed by atoms with Crippen LogP contribution in [0.3, 0.4) is 0 Å². The third kappa shape index (κ3) is 2.44. The molecule has 0 aliphatic carbocycles. The highest BCUT2D eigenvalue weighted by Crippen LogP contribution is 2.27. The highest BCUT2D eigenvalue weighted by molar-refractivity contribution is 5.07. The fourth-order valence-electron chi connectivity index (χ4n) is 1.84. The van der Waals surface area contributed by atoms with Crippen LogP contribution in [-0.2, 0) is 7.05 Å². The van der Waals surface area contributed by atoms with Crippen LogP contribution < -0.4 is 5.73 Å². The van der Waals surface area contributed by atoms with E-state index in [-0.39, 0.29) is 11.6 Å². The summed E-state index contributed by atoms with van der Waals surface area (Å²) in [5.74, 6) is 0. The van der Waals surface area contributed by atoms with Crippen LogP contribution in [-0.4, -0.2) is 33.6 Å². The number of nitrogens with two attached hydrogens (primary N) is 1. The lowest BCUT2D eigenvalue weighted by molar-refractivity contribution is 0.0968. The molecule has 4 nitrogen and oxygen atoms in total. The molecule has 2 N–H and O–H groups in total. The lowest BCUT2D eigenvalue weighted by atomic mass is 9.97. The topological polar surface area (TPSA) is 47.1 Å². The Hall–Kier alpha value is -0.870. The second-order valence-electron chi connectivity index (χ2n) is 4.96. The second-order valence-corrected chi connectivity index (χ2v) is 4.96. The molecule has 0 saturated carbocycles. The molecule has 0 amide bonds. The molecule has 0 aliphatic rings. The summed E-state index contributed by atoms with van der Waals surface area (Å²) in [5.41, 5.74) is 7.22. The van der Waals surface area contributed by atoms with Gasteiger partial charge in [0.25, 0.3) is 0 Å². The maximum Gasteiger partial charge on any atom is 0.0946 e. The van der Waals surface area contributed by atoms with Crippen molar-refractivity contribution in [3.05, 3.63) is 18.2 Å². The predicted molar refractivity (Wildman–Crippen MR) is 67.1 cm³/mol. The smallest absolute Gasteiger partial charge is 0.0946 e. The second kappa shape index (κ2) is 4.97. The number of hydrogen-bond donors (Lipinski definition) is 1. The Bertz CT molecular complexity index is 330. The van der Waals surface area contributed by atoms with E-state index in [1.54, 1.807) is 0 Å². The number of rotatable bonds is 5. The molecule has 0 saturated heterocycles. The fourth-order valence-corrected chi connectivity index (χ4v) is 1.84. The summed E-state index contributed by atoms with van der Waals surface area (Å²) >= 11 is 0. The third-order valence-electron chi connectivity index (χ3n) is 3.71. The Morgan fingerprint density at radius 3 is 2.56 bits per heavy atom. The van der Waals surface area contributed by atoms with Gasteiger partial charge in [-0.15, -0.1) is 0 Å². The van der Waals surface area contributed by atoms with Gasteiger partial charge in [0, 0.05) is 25.3 Å². The number of aryl methyl sites for hydroxylation is 1. The molecule has 0 bridgehead atoms. The summed E-state index contributed by atoms with van der Waals surface area (Å²) in [6.07, 6.45) is 4.82. The summed E-state index contributed by atoms with van der Waals surface area (Å²) in [6.45, 7) is 7.30. The molecule has 1 aromatic rings. The van der Waals surface area contributed by atoms with Crippen LogP contribution in [0.25, 0.3) is 0 Å². The number of nitrogens with zero attached hydrogens (tertiary/aromatic N) is 3. The number of hydrogen-bond acceptors (Lipinski definition) is 3. The summed E-state index contributed by atoms with van der Waals surface area (Å²) < 4.78 is 2.04. The lowest BCUT2D eigenvalue weighted by Gasteiger charge is -2.40. The van der Waals surface area contributed by atoms with Crippen LogP contribution in [0.1, 0.15) is 38.9 Å². The van der Waals surface area contributed by atoms with Gasteiger partial charge in [0.15, 0.2) is 0 Å². The molecule has 4 heteroatoms. The van der Waals surface area contributed by atoms with Crippen LogP contribution in [0.4, 0.5) is 0 Å². The first kappa shape index (κ1) is 13.2. The first-order valence-electron chi connectivity index (χ1n) is 5.83. The predicted octanol–water partition coefficient (Wildman–Crippen LogP) is 1.54. The number of aromatic nitrogens is 2. The highest BCUT2D eigenvalue weighted by Gasteiger charge is 2.29. The van der Waals surface area contributed by atoms with Crippen LogP contribution in [0.2, 0.25) is 0 Å². The van der Waals surface area contributed by atoms with E-state index in [4.69, 9.17) is 5.73 Å². The van der Waals surface area contributed by atoms with E-state index in [1.165, 1.54) is 5.69 Å². The molecule has 1 heterocycles. The van der Waals surface area contributed by atoms with Gasteiger partial charge in [0.2, 0.25) is 0 Å². The summed E-state index contributed by atoms with van der Waals surface area (Å²) in [7, 11) is 4.14. The lowest BCUT2D eigenvalue weighted by Crippen LogP contribution is -2.45. The molecule has 0 aliphatic heterocycles. The Kier molecular flexibility index (Phi) is 4.10. The monoisotopic (exact) mass is 224 g/mol. The molecular weight excluding hydrogens is 200 g/mol. The van der Waals surface area contributed by atoms with Crippen molar-refractivity contribution in [3.8, 4) is 0 Å². The molecule has 1 rings (SSSR count).